The minimum absolute atomic E-state index is 0.0252. The van der Waals surface area contributed by atoms with Gasteiger partial charge in [0.15, 0.2) is 0 Å². The van der Waals surface area contributed by atoms with E-state index in [-0.39, 0.29) is 16.7 Å². The van der Waals surface area contributed by atoms with Crippen molar-refractivity contribution in [3.63, 3.8) is 0 Å². The molecule has 3 aromatic heterocycles. The normalized spacial score (nSPS) is 17.0. The fourth-order valence-electron chi connectivity index (χ4n) is 2.94. The van der Waals surface area contributed by atoms with Crippen molar-refractivity contribution in [3.05, 3.63) is 64.4 Å². The van der Waals surface area contributed by atoms with E-state index in [0.29, 0.717) is 18.1 Å². The highest BCUT2D eigenvalue weighted by Crippen LogP contribution is 2.26. The molecule has 4 rings (SSSR count). The fraction of sp³-hybridized carbons (Fsp3) is 0.235. The summed E-state index contributed by atoms with van der Waals surface area (Å²) in [5, 5.41) is 6.30. The van der Waals surface area contributed by atoms with Crippen LogP contribution in [-0.4, -0.2) is 38.9 Å². The average molecular weight is 358 g/mol. The van der Waals surface area contributed by atoms with Gasteiger partial charge >= 0.3 is 0 Å². The molecule has 1 atom stereocenters. The number of anilines is 1. The van der Waals surface area contributed by atoms with Gasteiger partial charge in [0.25, 0.3) is 5.56 Å². The number of aromatic nitrogens is 4. The lowest BCUT2D eigenvalue weighted by atomic mass is 10.3. The minimum atomic E-state index is -0.385. The van der Waals surface area contributed by atoms with Crippen LogP contribution < -0.4 is 15.2 Å². The third-order valence-electron chi connectivity index (χ3n) is 4.17. The molecule has 0 aliphatic carbocycles. The van der Waals surface area contributed by atoms with Gasteiger partial charge in [0, 0.05) is 37.6 Å². The molecule has 1 saturated heterocycles. The first-order valence-corrected chi connectivity index (χ1v) is 8.33. The molecule has 0 aromatic carbocycles. The number of ether oxygens (including phenoxy) is 1. The molecule has 1 aliphatic heterocycles. The van der Waals surface area contributed by atoms with Crippen LogP contribution >= 0.6 is 11.6 Å². The van der Waals surface area contributed by atoms with E-state index >= 15 is 0 Å². The lowest BCUT2D eigenvalue weighted by molar-refractivity contribution is 0.216. The van der Waals surface area contributed by atoms with Crippen molar-refractivity contribution in [1.82, 2.24) is 19.7 Å². The number of H-pyrrole nitrogens is 1. The zero-order valence-electron chi connectivity index (χ0n) is 13.3. The summed E-state index contributed by atoms with van der Waals surface area (Å²) in [5.74, 6) is 0.577. The molecule has 128 valence electrons. The van der Waals surface area contributed by atoms with Crippen LogP contribution in [0.5, 0.6) is 5.88 Å². The predicted octanol–water partition coefficient (Wildman–Crippen LogP) is 2.27. The minimum Gasteiger partial charge on any atom is -0.472 e. The summed E-state index contributed by atoms with van der Waals surface area (Å²) in [6.07, 6.45) is 8.03. The van der Waals surface area contributed by atoms with Crippen LogP contribution in [0.1, 0.15) is 6.42 Å². The van der Waals surface area contributed by atoms with Gasteiger partial charge in [-0.3, -0.25) is 4.79 Å². The average Bonchev–Trinajstić information content (AvgIpc) is 3.30. The molecule has 0 amide bonds. The molecular weight excluding hydrogens is 342 g/mol. The van der Waals surface area contributed by atoms with E-state index in [1.165, 1.54) is 0 Å². The van der Waals surface area contributed by atoms with Gasteiger partial charge in [-0.25, -0.2) is 10.1 Å². The Balaban J connectivity index is 1.47. The predicted molar refractivity (Wildman–Crippen MR) is 94.7 cm³/mol. The molecular formula is C17H16ClN5O2. The Labute approximate surface area is 148 Å². The topological polar surface area (TPSA) is 76.0 Å². The SMILES string of the molecule is O=c1[nH]ncc(N2CC[C@@H](Oc3cc(-n4cccc4)ccn3)C2)c1Cl. The zero-order valence-corrected chi connectivity index (χ0v) is 14.1. The molecule has 3 aromatic rings. The Bertz CT molecular complexity index is 925. The smallest absolute Gasteiger partial charge is 0.285 e. The quantitative estimate of drug-likeness (QED) is 0.775. The highest BCUT2D eigenvalue weighted by atomic mass is 35.5. The molecule has 0 bridgehead atoms. The van der Waals surface area contributed by atoms with Gasteiger partial charge in [0.1, 0.15) is 11.1 Å². The molecule has 4 heterocycles. The van der Waals surface area contributed by atoms with E-state index in [1.807, 2.05) is 46.1 Å². The van der Waals surface area contributed by atoms with E-state index in [4.69, 9.17) is 16.3 Å². The lowest BCUT2D eigenvalue weighted by Crippen LogP contribution is -2.26. The van der Waals surface area contributed by atoms with Crippen LogP contribution in [0.25, 0.3) is 5.69 Å². The maximum absolute atomic E-state index is 11.6. The summed E-state index contributed by atoms with van der Waals surface area (Å²) in [6.45, 7) is 1.37. The van der Waals surface area contributed by atoms with Crippen molar-refractivity contribution in [2.45, 2.75) is 12.5 Å². The zero-order chi connectivity index (χ0) is 17.2. The Morgan fingerprint density at radius 3 is 3.00 bits per heavy atom. The van der Waals surface area contributed by atoms with Gasteiger partial charge < -0.3 is 14.2 Å². The number of nitrogens with one attached hydrogen (secondary N) is 1. The van der Waals surface area contributed by atoms with Crippen molar-refractivity contribution < 1.29 is 4.74 Å². The molecule has 1 fully saturated rings. The molecule has 7 nitrogen and oxygen atoms in total. The number of rotatable bonds is 4. The van der Waals surface area contributed by atoms with Crippen molar-refractivity contribution in [1.29, 1.82) is 0 Å². The first-order valence-electron chi connectivity index (χ1n) is 7.95. The van der Waals surface area contributed by atoms with Crippen LogP contribution in [0.2, 0.25) is 5.02 Å². The molecule has 0 spiro atoms. The largest absolute Gasteiger partial charge is 0.472 e. The second-order valence-electron chi connectivity index (χ2n) is 5.82. The number of nitrogens with zero attached hydrogens (tertiary/aromatic N) is 4. The molecule has 0 unspecified atom stereocenters. The maximum Gasteiger partial charge on any atom is 0.285 e. The standard InChI is InChI=1S/C17H16ClN5O2/c18-16-14(10-20-21-17(16)24)23-8-4-13(11-23)25-15-9-12(3-5-19-15)22-6-1-2-7-22/h1-3,5-7,9-10,13H,4,8,11H2,(H,21,24)/t13-/m1/s1. The van der Waals surface area contributed by atoms with Crippen molar-refractivity contribution in [2.24, 2.45) is 0 Å². The van der Waals surface area contributed by atoms with E-state index in [0.717, 1.165) is 18.7 Å². The third kappa shape index (κ3) is 3.23. The first kappa shape index (κ1) is 15.7. The van der Waals surface area contributed by atoms with Crippen LogP contribution in [0.3, 0.4) is 0 Å². The number of aromatic amines is 1. The number of hydrogen-bond acceptors (Lipinski definition) is 5. The number of pyridine rings is 1. The lowest BCUT2D eigenvalue weighted by Gasteiger charge is -2.19. The van der Waals surface area contributed by atoms with Gasteiger partial charge in [-0.05, 0) is 18.2 Å². The van der Waals surface area contributed by atoms with Crippen molar-refractivity contribution in [2.75, 3.05) is 18.0 Å². The highest BCUT2D eigenvalue weighted by molar-refractivity contribution is 6.33. The summed E-state index contributed by atoms with van der Waals surface area (Å²) >= 11 is 6.08. The van der Waals surface area contributed by atoms with Crippen molar-refractivity contribution in [3.8, 4) is 11.6 Å². The molecule has 0 radical (unpaired) electrons. The summed E-state index contributed by atoms with van der Waals surface area (Å²) < 4.78 is 8.02. The van der Waals surface area contributed by atoms with E-state index in [2.05, 4.69) is 15.2 Å². The number of halogens is 1. The molecule has 0 saturated carbocycles. The fourth-order valence-corrected chi connectivity index (χ4v) is 3.15. The van der Waals surface area contributed by atoms with Crippen LogP contribution in [0, 0.1) is 0 Å². The summed E-state index contributed by atoms with van der Waals surface area (Å²) in [6, 6.07) is 7.77. The van der Waals surface area contributed by atoms with Gasteiger partial charge in [0.05, 0.1) is 24.1 Å². The van der Waals surface area contributed by atoms with Gasteiger partial charge in [0.2, 0.25) is 5.88 Å². The summed E-state index contributed by atoms with van der Waals surface area (Å²) in [5.41, 5.74) is 1.24. The monoisotopic (exact) mass is 357 g/mol. The third-order valence-corrected chi connectivity index (χ3v) is 4.54. The van der Waals surface area contributed by atoms with Gasteiger partial charge in [-0.15, -0.1) is 0 Å². The molecule has 25 heavy (non-hydrogen) atoms. The van der Waals surface area contributed by atoms with Gasteiger partial charge in [-0.2, -0.15) is 5.10 Å². The highest BCUT2D eigenvalue weighted by Gasteiger charge is 2.26. The van der Waals surface area contributed by atoms with E-state index in [1.54, 1.807) is 12.4 Å². The number of hydrogen-bond donors (Lipinski definition) is 1. The van der Waals surface area contributed by atoms with Gasteiger partial charge in [-0.1, -0.05) is 11.6 Å². The second-order valence-corrected chi connectivity index (χ2v) is 6.19. The summed E-state index contributed by atoms with van der Waals surface area (Å²) in [4.78, 5) is 17.9. The second kappa shape index (κ2) is 6.60. The first-order chi connectivity index (χ1) is 12.2. The Hall–Kier alpha value is -2.80. The van der Waals surface area contributed by atoms with E-state index < -0.39 is 0 Å². The van der Waals surface area contributed by atoms with Crippen LogP contribution in [0.4, 0.5) is 5.69 Å². The Morgan fingerprint density at radius 1 is 1.32 bits per heavy atom. The van der Waals surface area contributed by atoms with E-state index in [9.17, 15) is 4.79 Å². The Kier molecular flexibility index (Phi) is 4.15. The van der Waals surface area contributed by atoms with Crippen LogP contribution in [-0.2, 0) is 0 Å². The summed E-state index contributed by atoms with van der Waals surface area (Å²) in [7, 11) is 0. The molecule has 1 aliphatic rings. The molecule has 1 N–H and O–H groups in total. The Morgan fingerprint density at radius 2 is 2.16 bits per heavy atom. The molecule has 8 heteroatoms. The van der Waals surface area contributed by atoms with Crippen LogP contribution in [0.15, 0.2) is 53.8 Å². The maximum atomic E-state index is 11.6. The van der Waals surface area contributed by atoms with Crippen molar-refractivity contribution >= 4 is 17.3 Å².